The van der Waals surface area contributed by atoms with Gasteiger partial charge in [0.25, 0.3) is 0 Å². The lowest BCUT2D eigenvalue weighted by Crippen LogP contribution is -2.44. The van der Waals surface area contributed by atoms with E-state index in [1.165, 1.54) is 6.42 Å². The van der Waals surface area contributed by atoms with Crippen LogP contribution >= 0.6 is 0 Å². The van der Waals surface area contributed by atoms with Gasteiger partial charge in [0.2, 0.25) is 0 Å². The summed E-state index contributed by atoms with van der Waals surface area (Å²) < 4.78 is 22.5. The predicted octanol–water partition coefficient (Wildman–Crippen LogP) is 1.59. The first-order valence-electron chi connectivity index (χ1n) is 5.91. The van der Waals surface area contributed by atoms with Crippen molar-refractivity contribution < 1.29 is 8.42 Å². The van der Waals surface area contributed by atoms with Gasteiger partial charge in [0.15, 0.2) is 0 Å². The standard InChI is InChI=1S/C11H23NO2S/c1-4-9(2)10(3)12-11-5-7-15(13,14)8-6-11/h9-12H,4-8H2,1-3H3. The number of sulfone groups is 1. The van der Waals surface area contributed by atoms with Crippen molar-refractivity contribution in [3.63, 3.8) is 0 Å². The fraction of sp³-hybridized carbons (Fsp3) is 1.00. The smallest absolute Gasteiger partial charge is 0.150 e. The largest absolute Gasteiger partial charge is 0.311 e. The van der Waals surface area contributed by atoms with Crippen LogP contribution in [0.2, 0.25) is 0 Å². The fourth-order valence-corrected chi connectivity index (χ4v) is 3.44. The maximum absolute atomic E-state index is 11.2. The number of rotatable bonds is 4. The second kappa shape index (κ2) is 5.30. The Morgan fingerprint density at radius 2 is 1.80 bits per heavy atom. The lowest BCUT2D eigenvalue weighted by molar-refractivity contribution is 0.333. The summed E-state index contributed by atoms with van der Waals surface area (Å²) in [6, 6.07) is 0.887. The van der Waals surface area contributed by atoms with Crippen molar-refractivity contribution in [3.8, 4) is 0 Å². The molecule has 0 radical (unpaired) electrons. The highest BCUT2D eigenvalue weighted by Crippen LogP contribution is 2.15. The van der Waals surface area contributed by atoms with Gasteiger partial charge in [-0.2, -0.15) is 0 Å². The Bertz CT molecular complexity index is 273. The Balaban J connectivity index is 2.35. The van der Waals surface area contributed by atoms with Crippen molar-refractivity contribution >= 4 is 9.84 Å². The lowest BCUT2D eigenvalue weighted by atomic mass is 9.99. The maximum Gasteiger partial charge on any atom is 0.150 e. The average molecular weight is 233 g/mol. The molecule has 3 nitrogen and oxygen atoms in total. The molecule has 1 N–H and O–H groups in total. The van der Waals surface area contributed by atoms with Gasteiger partial charge in [-0.15, -0.1) is 0 Å². The molecule has 90 valence electrons. The molecule has 1 saturated heterocycles. The molecule has 4 heteroatoms. The van der Waals surface area contributed by atoms with E-state index >= 15 is 0 Å². The van der Waals surface area contributed by atoms with E-state index in [2.05, 4.69) is 26.1 Å². The molecule has 15 heavy (non-hydrogen) atoms. The van der Waals surface area contributed by atoms with E-state index in [0.29, 0.717) is 29.5 Å². The van der Waals surface area contributed by atoms with Crippen LogP contribution in [0.25, 0.3) is 0 Å². The molecule has 0 saturated carbocycles. The summed E-state index contributed by atoms with van der Waals surface area (Å²) >= 11 is 0. The third-order valence-electron chi connectivity index (χ3n) is 3.55. The monoisotopic (exact) mass is 233 g/mol. The van der Waals surface area contributed by atoms with Crippen molar-refractivity contribution in [1.29, 1.82) is 0 Å². The number of hydrogen-bond acceptors (Lipinski definition) is 3. The number of nitrogens with one attached hydrogen (secondary N) is 1. The second-order valence-corrected chi connectivity index (χ2v) is 7.07. The Morgan fingerprint density at radius 3 is 2.27 bits per heavy atom. The Hall–Kier alpha value is -0.0900. The van der Waals surface area contributed by atoms with Gasteiger partial charge in [0, 0.05) is 12.1 Å². The van der Waals surface area contributed by atoms with Crippen LogP contribution < -0.4 is 5.32 Å². The van der Waals surface area contributed by atoms with E-state index < -0.39 is 9.84 Å². The molecule has 0 aromatic heterocycles. The topological polar surface area (TPSA) is 46.2 Å². The van der Waals surface area contributed by atoms with Crippen LogP contribution in [0, 0.1) is 5.92 Å². The van der Waals surface area contributed by atoms with Gasteiger partial charge >= 0.3 is 0 Å². The second-order valence-electron chi connectivity index (χ2n) is 4.77. The summed E-state index contributed by atoms with van der Waals surface area (Å²) in [5, 5.41) is 3.54. The highest BCUT2D eigenvalue weighted by Gasteiger charge is 2.25. The zero-order valence-corrected chi connectivity index (χ0v) is 10.8. The molecular formula is C11H23NO2S. The van der Waals surface area contributed by atoms with Crippen LogP contribution in [0.1, 0.15) is 40.0 Å². The van der Waals surface area contributed by atoms with Crippen molar-refractivity contribution in [3.05, 3.63) is 0 Å². The third-order valence-corrected chi connectivity index (χ3v) is 5.27. The van der Waals surface area contributed by atoms with Gasteiger partial charge in [0.05, 0.1) is 11.5 Å². The fourth-order valence-electron chi connectivity index (χ4n) is 1.95. The van der Waals surface area contributed by atoms with E-state index in [-0.39, 0.29) is 0 Å². The molecule has 0 bridgehead atoms. The molecule has 0 spiro atoms. The van der Waals surface area contributed by atoms with Gasteiger partial charge in [-0.25, -0.2) is 8.42 Å². The van der Waals surface area contributed by atoms with Gasteiger partial charge in [-0.3, -0.25) is 0 Å². The molecular weight excluding hydrogens is 210 g/mol. The van der Waals surface area contributed by atoms with Crippen LogP contribution in [0.4, 0.5) is 0 Å². The Kier molecular flexibility index (Phi) is 4.59. The molecule has 0 aromatic carbocycles. The Labute approximate surface area is 93.6 Å². The summed E-state index contributed by atoms with van der Waals surface area (Å²) in [4.78, 5) is 0. The van der Waals surface area contributed by atoms with Gasteiger partial charge in [-0.05, 0) is 25.7 Å². The minimum atomic E-state index is -2.72. The van der Waals surface area contributed by atoms with Crippen molar-refractivity contribution in [2.24, 2.45) is 5.92 Å². The summed E-state index contributed by atoms with van der Waals surface area (Å²) in [6.07, 6.45) is 2.73. The molecule has 1 aliphatic heterocycles. The first-order chi connectivity index (χ1) is 6.94. The lowest BCUT2D eigenvalue weighted by Gasteiger charge is -2.29. The molecule has 0 aromatic rings. The molecule has 1 rings (SSSR count). The zero-order valence-electron chi connectivity index (χ0n) is 9.99. The predicted molar refractivity (Wildman–Crippen MR) is 63.7 cm³/mol. The maximum atomic E-state index is 11.2. The van der Waals surface area contributed by atoms with E-state index in [9.17, 15) is 8.42 Å². The molecule has 1 heterocycles. The van der Waals surface area contributed by atoms with Crippen molar-refractivity contribution in [2.75, 3.05) is 11.5 Å². The highest BCUT2D eigenvalue weighted by molar-refractivity contribution is 7.91. The zero-order chi connectivity index (χ0) is 11.5. The van der Waals surface area contributed by atoms with E-state index in [0.717, 1.165) is 12.8 Å². The molecule has 1 fully saturated rings. The molecule has 1 aliphatic rings. The summed E-state index contributed by atoms with van der Waals surface area (Å²) in [5.41, 5.74) is 0. The number of hydrogen-bond donors (Lipinski definition) is 1. The molecule has 0 amide bonds. The van der Waals surface area contributed by atoms with E-state index in [1.54, 1.807) is 0 Å². The van der Waals surface area contributed by atoms with Gasteiger partial charge < -0.3 is 5.32 Å². The SMILES string of the molecule is CCC(C)C(C)NC1CCS(=O)(=O)CC1. The quantitative estimate of drug-likeness (QED) is 0.802. The van der Waals surface area contributed by atoms with Crippen LogP contribution in [0.3, 0.4) is 0 Å². The normalized spacial score (nSPS) is 26.1. The van der Waals surface area contributed by atoms with Crippen LogP contribution in [-0.4, -0.2) is 32.0 Å². The van der Waals surface area contributed by atoms with E-state index in [1.807, 2.05) is 0 Å². The summed E-state index contributed by atoms with van der Waals surface area (Å²) in [5.74, 6) is 1.37. The Morgan fingerprint density at radius 1 is 1.27 bits per heavy atom. The first-order valence-corrected chi connectivity index (χ1v) is 7.73. The summed E-state index contributed by atoms with van der Waals surface area (Å²) in [6.45, 7) is 6.61. The average Bonchev–Trinajstić information content (AvgIpc) is 2.20. The highest BCUT2D eigenvalue weighted by atomic mass is 32.2. The van der Waals surface area contributed by atoms with Gasteiger partial charge in [-0.1, -0.05) is 20.3 Å². The first kappa shape index (κ1) is 13.0. The minimum Gasteiger partial charge on any atom is -0.311 e. The van der Waals surface area contributed by atoms with Crippen LogP contribution in [0.5, 0.6) is 0 Å². The van der Waals surface area contributed by atoms with Gasteiger partial charge in [0.1, 0.15) is 9.84 Å². The summed E-state index contributed by atoms with van der Waals surface area (Å²) in [7, 11) is -2.72. The van der Waals surface area contributed by atoms with Crippen LogP contribution in [-0.2, 0) is 9.84 Å². The minimum absolute atomic E-state index is 0.359. The molecule has 2 atom stereocenters. The molecule has 0 aliphatic carbocycles. The molecule has 2 unspecified atom stereocenters. The van der Waals surface area contributed by atoms with E-state index in [4.69, 9.17) is 0 Å². The van der Waals surface area contributed by atoms with Crippen LogP contribution in [0.15, 0.2) is 0 Å². The third kappa shape index (κ3) is 4.11. The van der Waals surface area contributed by atoms with Crippen molar-refractivity contribution in [2.45, 2.75) is 52.1 Å². The van der Waals surface area contributed by atoms with Crippen molar-refractivity contribution in [1.82, 2.24) is 5.32 Å².